The third-order valence-corrected chi connectivity index (χ3v) is 6.13. The molecule has 2 atom stereocenters. The standard InChI is InChI=1S/C25H26N4O4/c1-16(18-6-4-3-5-7-18)29-24-19(13-27-29)10-11-32-23-12-20(8-9-22(23)24)28-15-21(33-25(28)31)14-26-17(2)30/h3-9,12-13,16,21H,10-11,14-15H2,1-2H3,(H,26,30)/t16?,21-/m0/s1. The summed E-state index contributed by atoms with van der Waals surface area (Å²) in [7, 11) is 0. The highest BCUT2D eigenvalue weighted by Crippen LogP contribution is 2.40. The first-order chi connectivity index (χ1) is 16.0. The number of ether oxygens (including phenoxy) is 2. The van der Waals surface area contributed by atoms with Crippen LogP contribution in [0.5, 0.6) is 5.75 Å². The second kappa shape index (κ2) is 8.61. The molecule has 8 nitrogen and oxygen atoms in total. The van der Waals surface area contributed by atoms with E-state index in [2.05, 4.69) is 24.4 Å². The fourth-order valence-corrected chi connectivity index (χ4v) is 4.40. The van der Waals surface area contributed by atoms with Crippen LogP contribution in [0, 0.1) is 0 Å². The Hall–Kier alpha value is -3.81. The minimum Gasteiger partial charge on any atom is -0.492 e. The van der Waals surface area contributed by atoms with Gasteiger partial charge in [0.1, 0.15) is 11.9 Å². The van der Waals surface area contributed by atoms with Crippen LogP contribution in [0.3, 0.4) is 0 Å². The summed E-state index contributed by atoms with van der Waals surface area (Å²) in [5, 5.41) is 7.41. The van der Waals surface area contributed by atoms with Crippen molar-refractivity contribution in [2.45, 2.75) is 32.4 Å². The molecule has 2 aliphatic rings. The number of carbonyl (C=O) groups excluding carboxylic acids is 2. The second-order valence-corrected chi connectivity index (χ2v) is 8.38. The van der Waals surface area contributed by atoms with Gasteiger partial charge in [0, 0.05) is 30.5 Å². The van der Waals surface area contributed by atoms with Crippen LogP contribution < -0.4 is 15.0 Å². The predicted molar refractivity (Wildman–Crippen MR) is 123 cm³/mol. The zero-order valence-corrected chi connectivity index (χ0v) is 18.7. The molecule has 3 aromatic rings. The average molecular weight is 447 g/mol. The first kappa shape index (κ1) is 21.1. The molecule has 2 aliphatic heterocycles. The number of amides is 2. The Kier molecular flexibility index (Phi) is 5.50. The number of fused-ring (bicyclic) bond motifs is 3. The molecule has 5 rings (SSSR count). The molecule has 170 valence electrons. The van der Waals surface area contributed by atoms with Crippen molar-refractivity contribution >= 4 is 17.7 Å². The Bertz CT molecular complexity index is 1190. The van der Waals surface area contributed by atoms with Gasteiger partial charge in [-0.25, -0.2) is 4.79 Å². The molecule has 1 saturated heterocycles. The fourth-order valence-electron chi connectivity index (χ4n) is 4.40. The van der Waals surface area contributed by atoms with Gasteiger partial charge in [0.25, 0.3) is 0 Å². The number of nitrogens with zero attached hydrogens (tertiary/aromatic N) is 3. The molecule has 0 radical (unpaired) electrons. The normalized spacial score (nSPS) is 17.9. The largest absolute Gasteiger partial charge is 0.492 e. The maximum Gasteiger partial charge on any atom is 0.414 e. The predicted octanol–water partition coefficient (Wildman–Crippen LogP) is 3.56. The van der Waals surface area contributed by atoms with E-state index in [0.717, 1.165) is 23.2 Å². The van der Waals surface area contributed by atoms with Gasteiger partial charge in [-0.05, 0) is 24.6 Å². The van der Waals surface area contributed by atoms with Crippen LogP contribution in [0.15, 0.2) is 54.7 Å². The molecular weight excluding hydrogens is 420 g/mol. The molecule has 33 heavy (non-hydrogen) atoms. The lowest BCUT2D eigenvalue weighted by Crippen LogP contribution is -2.33. The van der Waals surface area contributed by atoms with E-state index in [0.29, 0.717) is 31.1 Å². The quantitative estimate of drug-likeness (QED) is 0.648. The SMILES string of the molecule is CC(=O)NC[C@H]1CN(c2ccc3c(c2)OCCc2cnn(C(C)c4ccccc4)c2-3)C(=O)O1. The van der Waals surface area contributed by atoms with Crippen molar-refractivity contribution in [2.75, 3.05) is 24.6 Å². The highest BCUT2D eigenvalue weighted by Gasteiger charge is 2.33. The third-order valence-electron chi connectivity index (χ3n) is 6.13. The lowest BCUT2D eigenvalue weighted by Gasteiger charge is -2.19. The maximum absolute atomic E-state index is 12.5. The van der Waals surface area contributed by atoms with Crippen LogP contribution in [-0.2, 0) is 16.0 Å². The Labute approximate surface area is 192 Å². The van der Waals surface area contributed by atoms with Crippen LogP contribution in [0.4, 0.5) is 10.5 Å². The average Bonchev–Trinajstić information content (AvgIpc) is 3.36. The minimum absolute atomic E-state index is 0.0590. The molecule has 2 amide bonds. The van der Waals surface area contributed by atoms with Gasteiger partial charge < -0.3 is 14.8 Å². The van der Waals surface area contributed by atoms with E-state index in [4.69, 9.17) is 14.6 Å². The maximum atomic E-state index is 12.5. The van der Waals surface area contributed by atoms with Crippen molar-refractivity contribution in [1.29, 1.82) is 0 Å². The summed E-state index contributed by atoms with van der Waals surface area (Å²) < 4.78 is 13.5. The molecular formula is C25H26N4O4. The van der Waals surface area contributed by atoms with E-state index in [1.807, 2.05) is 47.3 Å². The first-order valence-electron chi connectivity index (χ1n) is 11.1. The highest BCUT2D eigenvalue weighted by molar-refractivity contribution is 5.91. The van der Waals surface area contributed by atoms with Crippen molar-refractivity contribution in [1.82, 2.24) is 15.1 Å². The lowest BCUT2D eigenvalue weighted by molar-refractivity contribution is -0.119. The van der Waals surface area contributed by atoms with E-state index in [-0.39, 0.29) is 18.1 Å². The molecule has 1 fully saturated rings. The Morgan fingerprint density at radius 2 is 2.06 bits per heavy atom. The molecule has 0 bridgehead atoms. The molecule has 1 aromatic heterocycles. The summed E-state index contributed by atoms with van der Waals surface area (Å²) in [6.45, 7) is 4.77. The van der Waals surface area contributed by atoms with E-state index in [1.54, 1.807) is 4.90 Å². The number of hydrogen-bond acceptors (Lipinski definition) is 5. The second-order valence-electron chi connectivity index (χ2n) is 8.38. The number of hydrogen-bond donors (Lipinski definition) is 1. The summed E-state index contributed by atoms with van der Waals surface area (Å²) in [6.07, 6.45) is 1.86. The highest BCUT2D eigenvalue weighted by atomic mass is 16.6. The summed E-state index contributed by atoms with van der Waals surface area (Å²) in [5.41, 5.74) is 5.01. The Morgan fingerprint density at radius 1 is 1.24 bits per heavy atom. The topological polar surface area (TPSA) is 85.7 Å². The molecule has 0 saturated carbocycles. The van der Waals surface area contributed by atoms with E-state index in [1.165, 1.54) is 12.5 Å². The Morgan fingerprint density at radius 3 is 2.85 bits per heavy atom. The number of benzene rings is 2. The van der Waals surface area contributed by atoms with Gasteiger partial charge in [-0.3, -0.25) is 14.4 Å². The number of carbonyl (C=O) groups is 2. The number of anilines is 1. The van der Waals surface area contributed by atoms with Crippen molar-refractivity contribution in [2.24, 2.45) is 0 Å². The zero-order valence-electron chi connectivity index (χ0n) is 18.7. The van der Waals surface area contributed by atoms with E-state index >= 15 is 0 Å². The number of nitrogens with one attached hydrogen (secondary N) is 1. The molecule has 0 spiro atoms. The minimum atomic E-state index is -0.428. The summed E-state index contributed by atoms with van der Waals surface area (Å²) in [6, 6.07) is 16.1. The van der Waals surface area contributed by atoms with Crippen LogP contribution in [0.1, 0.15) is 31.0 Å². The van der Waals surface area contributed by atoms with E-state index < -0.39 is 6.09 Å². The van der Waals surface area contributed by atoms with Gasteiger partial charge in [0.05, 0.1) is 43.3 Å². The van der Waals surface area contributed by atoms with Gasteiger partial charge in [0.2, 0.25) is 5.91 Å². The Balaban J connectivity index is 1.46. The van der Waals surface area contributed by atoms with Gasteiger partial charge in [-0.1, -0.05) is 30.3 Å². The molecule has 1 N–H and O–H groups in total. The number of cyclic esters (lactones) is 1. The van der Waals surface area contributed by atoms with Gasteiger partial charge in [0.15, 0.2) is 0 Å². The van der Waals surface area contributed by atoms with Gasteiger partial charge >= 0.3 is 6.09 Å². The van der Waals surface area contributed by atoms with Crippen molar-refractivity contribution in [3.8, 4) is 17.0 Å². The van der Waals surface area contributed by atoms with Crippen LogP contribution in [0.25, 0.3) is 11.3 Å². The smallest absolute Gasteiger partial charge is 0.414 e. The molecule has 8 heteroatoms. The molecule has 3 heterocycles. The summed E-state index contributed by atoms with van der Waals surface area (Å²) >= 11 is 0. The van der Waals surface area contributed by atoms with Gasteiger partial charge in [-0.2, -0.15) is 5.10 Å². The van der Waals surface area contributed by atoms with Crippen LogP contribution in [-0.4, -0.2) is 47.6 Å². The number of aromatic nitrogens is 2. The van der Waals surface area contributed by atoms with Gasteiger partial charge in [-0.15, -0.1) is 0 Å². The van der Waals surface area contributed by atoms with E-state index in [9.17, 15) is 9.59 Å². The first-order valence-corrected chi connectivity index (χ1v) is 11.1. The van der Waals surface area contributed by atoms with Crippen molar-refractivity contribution < 1.29 is 19.1 Å². The fraction of sp³-hybridized carbons (Fsp3) is 0.320. The third kappa shape index (κ3) is 4.04. The summed E-state index contributed by atoms with van der Waals surface area (Å²) in [5.74, 6) is 0.562. The molecule has 2 aromatic carbocycles. The van der Waals surface area contributed by atoms with Crippen LogP contribution >= 0.6 is 0 Å². The zero-order chi connectivity index (χ0) is 22.9. The van der Waals surface area contributed by atoms with Crippen LogP contribution in [0.2, 0.25) is 0 Å². The molecule has 1 unspecified atom stereocenters. The van der Waals surface area contributed by atoms with Crippen molar-refractivity contribution in [3.63, 3.8) is 0 Å². The monoisotopic (exact) mass is 446 g/mol. The summed E-state index contributed by atoms with van der Waals surface area (Å²) in [4.78, 5) is 25.2. The van der Waals surface area contributed by atoms with Crippen molar-refractivity contribution in [3.05, 3.63) is 65.9 Å². The number of rotatable bonds is 5. The molecule has 0 aliphatic carbocycles. The lowest BCUT2D eigenvalue weighted by atomic mass is 10.0.